The van der Waals surface area contributed by atoms with Crippen molar-refractivity contribution in [1.29, 1.82) is 0 Å². The van der Waals surface area contributed by atoms with Crippen LogP contribution in [0.4, 0.5) is 17.6 Å². The van der Waals surface area contributed by atoms with Crippen LogP contribution in [0.15, 0.2) is 42.5 Å². The zero-order valence-electron chi connectivity index (χ0n) is 17.9. The van der Waals surface area contributed by atoms with Crippen LogP contribution < -0.4 is 4.74 Å². The molecule has 2 aromatic carbocycles. The highest BCUT2D eigenvalue weighted by Gasteiger charge is 2.35. The van der Waals surface area contributed by atoms with E-state index >= 15 is 0 Å². The fraction of sp³-hybridized carbons (Fsp3) is 0.538. The third kappa shape index (κ3) is 5.42. The van der Waals surface area contributed by atoms with Gasteiger partial charge in [0.25, 0.3) is 0 Å². The summed E-state index contributed by atoms with van der Waals surface area (Å²) >= 11 is 0. The van der Waals surface area contributed by atoms with Crippen molar-refractivity contribution < 1.29 is 22.3 Å². The van der Waals surface area contributed by atoms with E-state index < -0.39 is 12.8 Å². The van der Waals surface area contributed by atoms with Crippen LogP contribution in [0.3, 0.4) is 0 Å². The first-order chi connectivity index (χ1) is 14.8. The lowest BCUT2D eigenvalue weighted by Gasteiger charge is -2.42. The molecule has 0 N–H and O–H groups in total. The molecule has 0 heterocycles. The monoisotopic (exact) mass is 434 g/mol. The molecule has 0 bridgehead atoms. The zero-order chi connectivity index (χ0) is 22.0. The predicted molar refractivity (Wildman–Crippen MR) is 115 cm³/mol. The van der Waals surface area contributed by atoms with Gasteiger partial charge in [-0.15, -0.1) is 0 Å². The molecule has 5 heteroatoms. The summed E-state index contributed by atoms with van der Waals surface area (Å²) < 4.78 is 56.5. The average molecular weight is 435 g/mol. The maximum absolute atomic E-state index is 14.9. The van der Waals surface area contributed by atoms with Crippen molar-refractivity contribution in [3.63, 3.8) is 0 Å². The Hall–Kier alpha value is -2.04. The number of halogens is 4. The number of rotatable bonds is 5. The largest absolute Gasteiger partial charge is 0.484 e. The van der Waals surface area contributed by atoms with Gasteiger partial charge in [-0.2, -0.15) is 13.2 Å². The molecule has 168 valence electrons. The topological polar surface area (TPSA) is 9.23 Å². The van der Waals surface area contributed by atoms with Crippen molar-refractivity contribution in [3.05, 3.63) is 53.8 Å². The molecule has 2 aromatic rings. The molecule has 0 aromatic heterocycles. The van der Waals surface area contributed by atoms with Crippen LogP contribution in [0.2, 0.25) is 0 Å². The number of hydrogen-bond donors (Lipinski definition) is 0. The van der Waals surface area contributed by atoms with Gasteiger partial charge >= 0.3 is 6.18 Å². The summed E-state index contributed by atoms with van der Waals surface area (Å²) in [5.41, 5.74) is 2.16. The van der Waals surface area contributed by atoms with Crippen molar-refractivity contribution in [1.82, 2.24) is 0 Å². The first-order valence-corrected chi connectivity index (χ1v) is 11.4. The Morgan fingerprint density at radius 3 is 2.29 bits per heavy atom. The van der Waals surface area contributed by atoms with Gasteiger partial charge < -0.3 is 4.74 Å². The van der Waals surface area contributed by atoms with E-state index in [1.54, 1.807) is 24.3 Å². The molecule has 0 amide bonds. The van der Waals surface area contributed by atoms with Gasteiger partial charge in [-0.3, -0.25) is 0 Å². The van der Waals surface area contributed by atoms with Gasteiger partial charge in [0, 0.05) is 5.56 Å². The Kier molecular flexibility index (Phi) is 6.59. The number of fused-ring (bicyclic) bond motifs is 1. The van der Waals surface area contributed by atoms with Crippen molar-refractivity contribution in [2.45, 2.75) is 64.0 Å². The van der Waals surface area contributed by atoms with Crippen LogP contribution >= 0.6 is 0 Å². The lowest BCUT2D eigenvalue weighted by atomic mass is 9.63. The molecule has 0 aliphatic heterocycles. The summed E-state index contributed by atoms with van der Waals surface area (Å²) in [5.74, 6) is 2.76. The quantitative estimate of drug-likeness (QED) is 0.432. The Morgan fingerprint density at radius 2 is 1.61 bits per heavy atom. The van der Waals surface area contributed by atoms with E-state index in [1.807, 2.05) is 6.07 Å². The summed E-state index contributed by atoms with van der Waals surface area (Å²) in [7, 11) is 0. The minimum Gasteiger partial charge on any atom is -0.484 e. The summed E-state index contributed by atoms with van der Waals surface area (Å²) in [4.78, 5) is 0. The third-order valence-corrected chi connectivity index (χ3v) is 7.33. The number of alkyl halides is 3. The van der Waals surface area contributed by atoms with Gasteiger partial charge in [-0.1, -0.05) is 44.0 Å². The Balaban J connectivity index is 1.42. The lowest BCUT2D eigenvalue weighted by Crippen LogP contribution is -2.30. The Bertz CT molecular complexity index is 874. The standard InChI is InChI=1S/C26H30F4O/c1-2-17-3-4-20-14-21(6-5-19(20)13-17)22-9-12-24(25(27)15-22)18-7-10-23(11-8-18)31-16-26(28,29)30/h7-12,15,17,19-21H,2-6,13-14,16H2,1H3/t17?,19-,20-,21-/m1/s1. The molecule has 4 atom stereocenters. The molecule has 4 rings (SSSR count). The molecule has 0 spiro atoms. The number of ether oxygens (including phenoxy) is 1. The Morgan fingerprint density at radius 1 is 0.903 bits per heavy atom. The van der Waals surface area contributed by atoms with E-state index in [-0.39, 0.29) is 11.6 Å². The maximum Gasteiger partial charge on any atom is 0.422 e. The van der Waals surface area contributed by atoms with E-state index in [0.717, 1.165) is 36.2 Å². The molecule has 2 aliphatic rings. The van der Waals surface area contributed by atoms with Crippen molar-refractivity contribution >= 4 is 0 Å². The molecule has 2 fully saturated rings. The molecule has 0 saturated heterocycles. The van der Waals surface area contributed by atoms with Crippen LogP contribution in [0.25, 0.3) is 11.1 Å². The van der Waals surface area contributed by atoms with Crippen LogP contribution in [0.1, 0.15) is 63.4 Å². The van der Waals surface area contributed by atoms with Crippen LogP contribution in [0, 0.1) is 23.6 Å². The van der Waals surface area contributed by atoms with Gasteiger partial charge in [0.15, 0.2) is 6.61 Å². The van der Waals surface area contributed by atoms with Gasteiger partial charge in [-0.25, -0.2) is 4.39 Å². The smallest absolute Gasteiger partial charge is 0.422 e. The molecule has 1 unspecified atom stereocenters. The van der Waals surface area contributed by atoms with Crippen molar-refractivity contribution in [2.24, 2.45) is 17.8 Å². The second kappa shape index (κ2) is 9.22. The van der Waals surface area contributed by atoms with Gasteiger partial charge in [0.05, 0.1) is 0 Å². The summed E-state index contributed by atoms with van der Waals surface area (Å²) in [6, 6.07) is 11.6. The number of benzene rings is 2. The van der Waals surface area contributed by atoms with Gasteiger partial charge in [0.2, 0.25) is 0 Å². The predicted octanol–water partition coefficient (Wildman–Crippen LogP) is 8.14. The van der Waals surface area contributed by atoms with E-state index in [0.29, 0.717) is 17.0 Å². The highest BCUT2D eigenvalue weighted by molar-refractivity contribution is 5.65. The second-order valence-electron chi connectivity index (χ2n) is 9.28. The Labute approximate surface area is 181 Å². The normalized spacial score (nSPS) is 26.4. The van der Waals surface area contributed by atoms with Gasteiger partial charge in [0.1, 0.15) is 11.6 Å². The first-order valence-electron chi connectivity index (χ1n) is 11.4. The van der Waals surface area contributed by atoms with E-state index in [4.69, 9.17) is 4.74 Å². The van der Waals surface area contributed by atoms with Crippen molar-refractivity contribution in [2.75, 3.05) is 6.61 Å². The van der Waals surface area contributed by atoms with E-state index in [2.05, 4.69) is 6.92 Å². The highest BCUT2D eigenvalue weighted by Crippen LogP contribution is 2.48. The molecule has 1 nitrogen and oxygen atoms in total. The van der Waals surface area contributed by atoms with Crippen molar-refractivity contribution in [3.8, 4) is 16.9 Å². The summed E-state index contributed by atoms with van der Waals surface area (Å²) in [5, 5.41) is 0. The fourth-order valence-corrected chi connectivity index (χ4v) is 5.58. The lowest BCUT2D eigenvalue weighted by molar-refractivity contribution is -0.153. The summed E-state index contributed by atoms with van der Waals surface area (Å²) in [6.07, 6.45) is 4.44. The summed E-state index contributed by atoms with van der Waals surface area (Å²) in [6.45, 7) is 0.960. The molecule has 2 aliphatic carbocycles. The molecule has 0 radical (unpaired) electrons. The molecular weight excluding hydrogens is 404 g/mol. The van der Waals surface area contributed by atoms with E-state index in [9.17, 15) is 17.6 Å². The minimum atomic E-state index is -4.38. The van der Waals surface area contributed by atoms with Crippen LogP contribution in [0.5, 0.6) is 5.75 Å². The van der Waals surface area contributed by atoms with Crippen LogP contribution in [-0.2, 0) is 0 Å². The van der Waals surface area contributed by atoms with E-state index in [1.165, 1.54) is 44.2 Å². The SMILES string of the molecule is CCC1CC[C@@H]2C[C@H](c3ccc(-c4ccc(OCC(F)(F)F)cc4)c(F)c3)CC[C@@H]2C1. The van der Waals surface area contributed by atoms with Crippen LogP contribution in [-0.4, -0.2) is 12.8 Å². The third-order valence-electron chi connectivity index (χ3n) is 7.33. The molecular formula is C26H30F4O. The van der Waals surface area contributed by atoms with Gasteiger partial charge in [-0.05, 0) is 85.1 Å². The number of hydrogen-bond acceptors (Lipinski definition) is 1. The maximum atomic E-state index is 14.9. The second-order valence-corrected chi connectivity index (χ2v) is 9.28. The average Bonchev–Trinajstić information content (AvgIpc) is 2.77. The molecule has 2 saturated carbocycles. The zero-order valence-corrected chi connectivity index (χ0v) is 17.9. The minimum absolute atomic E-state index is 0.118. The fourth-order valence-electron chi connectivity index (χ4n) is 5.58. The molecule has 31 heavy (non-hydrogen) atoms. The first kappa shape index (κ1) is 22.2. The highest BCUT2D eigenvalue weighted by atomic mass is 19.4.